The number of nitrogens with zero attached hydrogens (tertiary/aromatic N) is 2. The fraction of sp³-hybridized carbons (Fsp3) is 0. The van der Waals surface area contributed by atoms with Crippen molar-refractivity contribution in [2.75, 3.05) is 5.73 Å². The number of hydrogen-bond donors (Lipinski definition) is 2. The molecule has 1 aromatic carbocycles. The first-order valence-electron chi connectivity index (χ1n) is 3.96. The van der Waals surface area contributed by atoms with E-state index in [2.05, 4.69) is 21.0 Å². The molecule has 0 aliphatic carbocycles. The zero-order valence-corrected chi connectivity index (χ0v) is 8.77. The Morgan fingerprint density at radius 1 is 1.43 bits per heavy atom. The molecule has 0 radical (unpaired) electrons. The molecule has 0 unspecified atom stereocenters. The van der Waals surface area contributed by atoms with Gasteiger partial charge in [-0.15, -0.1) is 0 Å². The molecule has 5 heteroatoms. The van der Waals surface area contributed by atoms with Crippen LogP contribution in [-0.4, -0.2) is 14.9 Å². The Kier molecular flexibility index (Phi) is 2.17. The van der Waals surface area contributed by atoms with Gasteiger partial charge in [-0.3, -0.25) is 0 Å². The minimum absolute atomic E-state index is 0.150. The van der Waals surface area contributed by atoms with Gasteiger partial charge in [-0.25, -0.2) is 4.68 Å². The van der Waals surface area contributed by atoms with E-state index in [4.69, 9.17) is 5.73 Å². The monoisotopic (exact) mass is 253 g/mol. The fourth-order valence-corrected chi connectivity index (χ4v) is 1.47. The number of anilines is 1. The van der Waals surface area contributed by atoms with Gasteiger partial charge < -0.3 is 10.8 Å². The van der Waals surface area contributed by atoms with Gasteiger partial charge in [0, 0.05) is 12.3 Å². The number of phenolic OH excluding ortho intramolecular Hbond substituents is 1. The first kappa shape index (κ1) is 9.08. The van der Waals surface area contributed by atoms with Crippen LogP contribution in [0.5, 0.6) is 5.75 Å². The highest BCUT2D eigenvalue weighted by Crippen LogP contribution is 2.22. The maximum atomic E-state index is 9.17. The maximum Gasteiger partial charge on any atom is 0.117 e. The van der Waals surface area contributed by atoms with Crippen molar-refractivity contribution in [1.82, 2.24) is 9.78 Å². The second-order valence-corrected chi connectivity index (χ2v) is 3.76. The lowest BCUT2D eigenvalue weighted by Gasteiger charge is -2.05. The SMILES string of the molecule is Nc1cc(O)ccc1-n1cc(Br)cn1. The zero-order valence-electron chi connectivity index (χ0n) is 7.18. The maximum absolute atomic E-state index is 9.17. The molecule has 0 saturated carbocycles. The molecular formula is C9H8BrN3O. The summed E-state index contributed by atoms with van der Waals surface area (Å²) in [5.41, 5.74) is 6.96. The lowest BCUT2D eigenvalue weighted by atomic mass is 10.2. The van der Waals surface area contributed by atoms with Gasteiger partial charge >= 0.3 is 0 Å². The summed E-state index contributed by atoms with van der Waals surface area (Å²) in [7, 11) is 0. The van der Waals surface area contributed by atoms with Gasteiger partial charge in [0.05, 0.1) is 22.0 Å². The molecule has 0 fully saturated rings. The van der Waals surface area contributed by atoms with Crippen molar-refractivity contribution in [3.05, 3.63) is 35.1 Å². The number of nitrogen functional groups attached to an aromatic ring is 1. The number of benzene rings is 1. The van der Waals surface area contributed by atoms with E-state index in [9.17, 15) is 5.11 Å². The summed E-state index contributed by atoms with van der Waals surface area (Å²) in [4.78, 5) is 0. The summed E-state index contributed by atoms with van der Waals surface area (Å²) >= 11 is 3.29. The van der Waals surface area contributed by atoms with Gasteiger partial charge in [0.15, 0.2) is 0 Å². The van der Waals surface area contributed by atoms with Crippen molar-refractivity contribution in [2.24, 2.45) is 0 Å². The summed E-state index contributed by atoms with van der Waals surface area (Å²) in [5.74, 6) is 0.150. The second kappa shape index (κ2) is 3.34. The van der Waals surface area contributed by atoms with Gasteiger partial charge in [0.2, 0.25) is 0 Å². The van der Waals surface area contributed by atoms with Crippen LogP contribution in [0.3, 0.4) is 0 Å². The fourth-order valence-electron chi connectivity index (χ4n) is 1.18. The Balaban J connectivity index is 2.52. The molecule has 1 heterocycles. The Labute approximate surface area is 89.1 Å². The molecule has 4 nitrogen and oxygen atoms in total. The normalized spacial score (nSPS) is 10.4. The van der Waals surface area contributed by atoms with Gasteiger partial charge in [0.25, 0.3) is 0 Å². The van der Waals surface area contributed by atoms with Gasteiger partial charge in [-0.05, 0) is 28.1 Å². The van der Waals surface area contributed by atoms with E-state index in [0.29, 0.717) is 5.69 Å². The van der Waals surface area contributed by atoms with Crippen LogP contribution in [0.4, 0.5) is 5.69 Å². The van der Waals surface area contributed by atoms with Crippen LogP contribution in [0.25, 0.3) is 5.69 Å². The highest BCUT2D eigenvalue weighted by molar-refractivity contribution is 9.10. The zero-order chi connectivity index (χ0) is 10.1. The van der Waals surface area contributed by atoms with Crippen molar-refractivity contribution in [2.45, 2.75) is 0 Å². The number of halogens is 1. The smallest absolute Gasteiger partial charge is 0.117 e. The number of rotatable bonds is 1. The quantitative estimate of drug-likeness (QED) is 0.764. The molecule has 0 bridgehead atoms. The number of phenols is 1. The first-order chi connectivity index (χ1) is 6.66. The highest BCUT2D eigenvalue weighted by Gasteiger charge is 2.03. The Bertz CT molecular complexity index is 467. The summed E-state index contributed by atoms with van der Waals surface area (Å²) in [6.45, 7) is 0. The van der Waals surface area contributed by atoms with E-state index in [1.54, 1.807) is 29.2 Å². The largest absolute Gasteiger partial charge is 0.508 e. The molecule has 0 atom stereocenters. The van der Waals surface area contributed by atoms with Crippen LogP contribution in [0.1, 0.15) is 0 Å². The number of aromatic nitrogens is 2. The molecule has 2 aromatic rings. The van der Waals surface area contributed by atoms with E-state index in [1.165, 1.54) is 6.07 Å². The van der Waals surface area contributed by atoms with E-state index in [-0.39, 0.29) is 5.75 Å². The topological polar surface area (TPSA) is 64.1 Å². The summed E-state index contributed by atoms with van der Waals surface area (Å²) in [6.07, 6.45) is 3.47. The Morgan fingerprint density at radius 2 is 2.21 bits per heavy atom. The molecule has 0 spiro atoms. The van der Waals surface area contributed by atoms with Crippen molar-refractivity contribution in [3.8, 4) is 11.4 Å². The molecule has 1 aromatic heterocycles. The Hall–Kier alpha value is -1.49. The van der Waals surface area contributed by atoms with Crippen molar-refractivity contribution >= 4 is 21.6 Å². The molecule has 72 valence electrons. The molecular weight excluding hydrogens is 246 g/mol. The van der Waals surface area contributed by atoms with Crippen LogP contribution >= 0.6 is 15.9 Å². The average molecular weight is 254 g/mol. The van der Waals surface area contributed by atoms with E-state index >= 15 is 0 Å². The van der Waals surface area contributed by atoms with Gasteiger partial charge in [-0.1, -0.05) is 0 Å². The van der Waals surface area contributed by atoms with Crippen molar-refractivity contribution < 1.29 is 5.11 Å². The lowest BCUT2D eigenvalue weighted by molar-refractivity contribution is 0.475. The van der Waals surface area contributed by atoms with Crippen LogP contribution in [0.15, 0.2) is 35.1 Å². The molecule has 0 amide bonds. The van der Waals surface area contributed by atoms with Gasteiger partial charge in [0.1, 0.15) is 5.75 Å². The van der Waals surface area contributed by atoms with E-state index in [0.717, 1.165) is 10.2 Å². The highest BCUT2D eigenvalue weighted by atomic mass is 79.9. The third kappa shape index (κ3) is 1.58. The molecule has 14 heavy (non-hydrogen) atoms. The van der Waals surface area contributed by atoms with Crippen LogP contribution < -0.4 is 5.73 Å². The third-order valence-electron chi connectivity index (χ3n) is 1.81. The van der Waals surface area contributed by atoms with E-state index in [1.807, 2.05) is 0 Å². The van der Waals surface area contributed by atoms with Crippen molar-refractivity contribution in [3.63, 3.8) is 0 Å². The molecule has 2 rings (SSSR count). The second-order valence-electron chi connectivity index (χ2n) is 2.85. The standard InChI is InChI=1S/C9H8BrN3O/c10-6-4-12-13(5-6)9-2-1-7(14)3-8(9)11/h1-5,14H,11H2. The predicted molar refractivity (Wildman–Crippen MR) is 57.3 cm³/mol. The molecule has 0 aliphatic heterocycles. The van der Waals surface area contributed by atoms with E-state index < -0.39 is 0 Å². The minimum Gasteiger partial charge on any atom is -0.508 e. The number of nitrogens with two attached hydrogens (primary N) is 1. The van der Waals surface area contributed by atoms with Crippen molar-refractivity contribution in [1.29, 1.82) is 0 Å². The summed E-state index contributed by atoms with van der Waals surface area (Å²) in [5, 5.41) is 13.3. The number of aromatic hydroxyl groups is 1. The molecule has 0 saturated heterocycles. The molecule has 0 aliphatic rings. The lowest BCUT2D eigenvalue weighted by Crippen LogP contribution is -1.99. The third-order valence-corrected chi connectivity index (χ3v) is 2.22. The van der Waals surface area contributed by atoms with Crippen LogP contribution in [-0.2, 0) is 0 Å². The predicted octanol–water partition coefficient (Wildman–Crippen LogP) is 1.92. The summed E-state index contributed by atoms with van der Waals surface area (Å²) < 4.78 is 2.52. The molecule has 3 N–H and O–H groups in total. The van der Waals surface area contributed by atoms with Crippen LogP contribution in [0.2, 0.25) is 0 Å². The van der Waals surface area contributed by atoms with Crippen LogP contribution in [0, 0.1) is 0 Å². The number of hydrogen-bond acceptors (Lipinski definition) is 3. The summed E-state index contributed by atoms with van der Waals surface area (Å²) in [6, 6.07) is 4.77. The first-order valence-corrected chi connectivity index (χ1v) is 4.75. The average Bonchev–Trinajstić information content (AvgIpc) is 2.51. The van der Waals surface area contributed by atoms with Gasteiger partial charge in [-0.2, -0.15) is 5.10 Å². The Morgan fingerprint density at radius 3 is 2.79 bits per heavy atom. The minimum atomic E-state index is 0.150.